The van der Waals surface area contributed by atoms with Crippen LogP contribution in [0.15, 0.2) is 39.8 Å². The first kappa shape index (κ1) is 20.0. The highest BCUT2D eigenvalue weighted by Gasteiger charge is 2.08. The van der Waals surface area contributed by atoms with Gasteiger partial charge >= 0.3 is 0 Å². The van der Waals surface area contributed by atoms with Gasteiger partial charge in [0.25, 0.3) is 0 Å². The third-order valence-electron chi connectivity index (χ3n) is 3.85. The van der Waals surface area contributed by atoms with Gasteiger partial charge in [0.15, 0.2) is 11.7 Å². The van der Waals surface area contributed by atoms with Gasteiger partial charge in [-0.2, -0.15) is 0 Å². The predicted octanol–water partition coefficient (Wildman–Crippen LogP) is 3.11. The number of aromatic nitrogens is 1. The van der Waals surface area contributed by atoms with E-state index in [-0.39, 0.29) is 0 Å². The summed E-state index contributed by atoms with van der Waals surface area (Å²) >= 11 is 0. The Kier molecular flexibility index (Phi) is 7.66. The van der Waals surface area contributed by atoms with Crippen LogP contribution in [0.5, 0.6) is 0 Å². The van der Waals surface area contributed by atoms with E-state index in [1.165, 1.54) is 11.1 Å². The second-order valence-electron chi connectivity index (χ2n) is 6.98. The molecule has 142 valence electrons. The largest absolute Gasteiger partial charge is 0.359 e. The Hall–Kier alpha value is -2.34. The van der Waals surface area contributed by atoms with Crippen LogP contribution in [0.2, 0.25) is 0 Å². The second kappa shape index (κ2) is 9.97. The van der Waals surface area contributed by atoms with E-state index in [9.17, 15) is 0 Å². The number of nitrogens with zero attached hydrogens (tertiary/aromatic N) is 3. The zero-order valence-corrected chi connectivity index (χ0v) is 16.5. The summed E-state index contributed by atoms with van der Waals surface area (Å²) in [5, 5.41) is 10.7. The lowest BCUT2D eigenvalue weighted by molar-refractivity contribution is 0.372. The van der Waals surface area contributed by atoms with Crippen molar-refractivity contribution in [3.63, 3.8) is 0 Å². The molecule has 0 unspecified atom stereocenters. The van der Waals surface area contributed by atoms with E-state index in [2.05, 4.69) is 84.8 Å². The molecule has 0 atom stereocenters. The average molecular weight is 358 g/mol. The predicted molar refractivity (Wildman–Crippen MR) is 106 cm³/mol. The minimum absolute atomic E-state index is 0.365. The van der Waals surface area contributed by atoms with Crippen molar-refractivity contribution in [3.05, 3.63) is 52.9 Å². The number of nitrogens with one attached hydrogen (secondary N) is 2. The molecule has 2 N–H and O–H groups in total. The Labute approximate surface area is 156 Å². The molecule has 2 aromatic rings. The third kappa shape index (κ3) is 6.52. The molecule has 1 aromatic heterocycles. The molecule has 0 saturated carbocycles. The highest BCUT2D eigenvalue weighted by molar-refractivity contribution is 5.79. The van der Waals surface area contributed by atoms with Crippen LogP contribution >= 0.6 is 0 Å². The summed E-state index contributed by atoms with van der Waals surface area (Å²) in [6, 6.07) is 10.5. The summed E-state index contributed by atoms with van der Waals surface area (Å²) in [6.07, 6.45) is 0. The molecule has 0 aliphatic heterocycles. The van der Waals surface area contributed by atoms with Crippen molar-refractivity contribution in [1.82, 2.24) is 20.7 Å². The third-order valence-corrected chi connectivity index (χ3v) is 3.85. The first-order valence-corrected chi connectivity index (χ1v) is 9.18. The fourth-order valence-electron chi connectivity index (χ4n) is 2.56. The molecule has 0 spiro atoms. The van der Waals surface area contributed by atoms with Gasteiger partial charge in [-0.05, 0) is 38.1 Å². The van der Waals surface area contributed by atoms with Gasteiger partial charge in [0.1, 0.15) is 0 Å². The molecular weight excluding hydrogens is 326 g/mol. The molecule has 0 aliphatic rings. The Bertz CT molecular complexity index is 706. The number of hydrogen-bond acceptors (Lipinski definition) is 4. The highest BCUT2D eigenvalue weighted by Crippen LogP contribution is 2.13. The van der Waals surface area contributed by atoms with Crippen LogP contribution in [0.1, 0.15) is 49.3 Å². The molecule has 0 aliphatic carbocycles. The first-order chi connectivity index (χ1) is 12.5. The van der Waals surface area contributed by atoms with Gasteiger partial charge in [-0.25, -0.2) is 4.99 Å². The second-order valence-corrected chi connectivity index (χ2v) is 6.98. The molecule has 0 radical (unpaired) electrons. The van der Waals surface area contributed by atoms with Crippen LogP contribution in [-0.4, -0.2) is 36.7 Å². The van der Waals surface area contributed by atoms with E-state index < -0.39 is 0 Å². The van der Waals surface area contributed by atoms with Crippen molar-refractivity contribution in [2.24, 2.45) is 4.99 Å². The van der Waals surface area contributed by atoms with Gasteiger partial charge in [0.05, 0.1) is 18.8 Å². The smallest absolute Gasteiger partial charge is 0.191 e. The summed E-state index contributed by atoms with van der Waals surface area (Å²) in [6.45, 7) is 9.19. The van der Waals surface area contributed by atoms with Crippen molar-refractivity contribution in [2.45, 2.75) is 46.3 Å². The lowest BCUT2D eigenvalue weighted by atomic mass is 10.1. The lowest BCUT2D eigenvalue weighted by Gasteiger charge is -2.11. The van der Waals surface area contributed by atoms with Crippen molar-refractivity contribution < 1.29 is 4.52 Å². The van der Waals surface area contributed by atoms with Gasteiger partial charge in [0, 0.05) is 19.2 Å². The number of hydrogen-bond donors (Lipinski definition) is 2. The molecule has 0 fully saturated rings. The van der Waals surface area contributed by atoms with E-state index >= 15 is 0 Å². The van der Waals surface area contributed by atoms with Crippen LogP contribution in [0, 0.1) is 0 Å². The normalized spacial score (nSPS) is 12.0. The van der Waals surface area contributed by atoms with Crippen molar-refractivity contribution in [3.8, 4) is 0 Å². The molecule has 1 heterocycles. The molecule has 0 amide bonds. The summed E-state index contributed by atoms with van der Waals surface area (Å²) in [5.74, 6) is 1.95. The maximum atomic E-state index is 5.37. The zero-order chi connectivity index (χ0) is 18.9. The monoisotopic (exact) mass is 357 g/mol. The Morgan fingerprint density at radius 3 is 2.62 bits per heavy atom. The Morgan fingerprint density at radius 1 is 1.19 bits per heavy atom. The van der Waals surface area contributed by atoms with E-state index in [4.69, 9.17) is 4.52 Å². The molecule has 2 rings (SSSR count). The summed E-state index contributed by atoms with van der Waals surface area (Å²) in [4.78, 5) is 6.84. The van der Waals surface area contributed by atoms with E-state index in [0.717, 1.165) is 30.5 Å². The fourth-order valence-corrected chi connectivity index (χ4v) is 2.56. The maximum absolute atomic E-state index is 5.37. The molecule has 0 saturated heterocycles. The molecule has 6 heteroatoms. The van der Waals surface area contributed by atoms with Crippen LogP contribution in [0.25, 0.3) is 0 Å². The maximum Gasteiger partial charge on any atom is 0.191 e. The summed E-state index contributed by atoms with van der Waals surface area (Å²) < 4.78 is 5.37. The molecule has 1 aromatic carbocycles. The zero-order valence-electron chi connectivity index (χ0n) is 16.5. The summed E-state index contributed by atoms with van der Waals surface area (Å²) in [5.41, 5.74) is 3.47. The van der Waals surface area contributed by atoms with Crippen molar-refractivity contribution in [2.75, 3.05) is 20.6 Å². The number of rotatable bonds is 8. The fraction of sp³-hybridized carbons (Fsp3) is 0.500. The minimum Gasteiger partial charge on any atom is -0.359 e. The Morgan fingerprint density at radius 2 is 1.96 bits per heavy atom. The molecular formula is C20H31N5O. The van der Waals surface area contributed by atoms with Gasteiger partial charge in [-0.15, -0.1) is 0 Å². The number of benzene rings is 1. The van der Waals surface area contributed by atoms with E-state index in [1.54, 1.807) is 0 Å². The van der Waals surface area contributed by atoms with Gasteiger partial charge in [-0.3, -0.25) is 0 Å². The topological polar surface area (TPSA) is 65.7 Å². The van der Waals surface area contributed by atoms with Crippen molar-refractivity contribution in [1.29, 1.82) is 0 Å². The minimum atomic E-state index is 0.365. The van der Waals surface area contributed by atoms with Gasteiger partial charge in [0.2, 0.25) is 0 Å². The standard InChI is InChI=1S/C20H31N5O/c1-6-21-20(23-13-18-11-19(15(2)3)24-26-18)22-12-16-8-7-9-17(10-16)14-25(4)5/h7-11,15H,6,12-14H2,1-5H3,(H2,21,22,23). The SMILES string of the molecule is CCNC(=NCc1cccc(CN(C)C)c1)NCc1cc(C(C)C)no1. The van der Waals surface area contributed by atoms with Crippen LogP contribution < -0.4 is 10.6 Å². The summed E-state index contributed by atoms with van der Waals surface area (Å²) in [7, 11) is 4.15. The van der Waals surface area contributed by atoms with E-state index in [0.29, 0.717) is 19.0 Å². The Balaban J connectivity index is 1.97. The van der Waals surface area contributed by atoms with Crippen LogP contribution in [-0.2, 0) is 19.6 Å². The molecule has 0 bridgehead atoms. The van der Waals surface area contributed by atoms with Crippen LogP contribution in [0.3, 0.4) is 0 Å². The van der Waals surface area contributed by atoms with Gasteiger partial charge in [-0.1, -0.05) is 43.3 Å². The number of aliphatic imine (C=N–C) groups is 1. The van der Waals surface area contributed by atoms with Crippen molar-refractivity contribution >= 4 is 5.96 Å². The average Bonchev–Trinajstić information content (AvgIpc) is 3.06. The highest BCUT2D eigenvalue weighted by atomic mass is 16.5. The molecule has 26 heavy (non-hydrogen) atoms. The van der Waals surface area contributed by atoms with Crippen LogP contribution in [0.4, 0.5) is 0 Å². The number of guanidine groups is 1. The molecule has 6 nitrogen and oxygen atoms in total. The quantitative estimate of drug-likeness (QED) is 0.561. The van der Waals surface area contributed by atoms with E-state index in [1.807, 2.05) is 6.07 Å². The lowest BCUT2D eigenvalue weighted by Crippen LogP contribution is -2.36. The van der Waals surface area contributed by atoms with Gasteiger partial charge < -0.3 is 20.1 Å². The first-order valence-electron chi connectivity index (χ1n) is 9.18.